The Bertz CT molecular complexity index is 987. The quantitative estimate of drug-likeness (QED) is 0.671. The molecule has 2 heterocycles. The molecule has 2 fully saturated rings. The lowest BCUT2D eigenvalue weighted by molar-refractivity contribution is -0.135. The number of hydrogen-bond donors (Lipinski definition) is 2. The van der Waals surface area contributed by atoms with Crippen molar-refractivity contribution in [2.24, 2.45) is 11.7 Å². The lowest BCUT2D eigenvalue weighted by Crippen LogP contribution is -2.52. The number of piperidine rings is 1. The largest absolute Gasteiger partial charge is 0.343 e. The van der Waals surface area contributed by atoms with Crippen molar-refractivity contribution in [3.05, 3.63) is 71.0 Å². The maximum Gasteiger partial charge on any atom is 0.251 e. The fourth-order valence-electron chi connectivity index (χ4n) is 5.06. The molecule has 2 bridgehead atoms. The van der Waals surface area contributed by atoms with Gasteiger partial charge in [-0.2, -0.15) is 0 Å². The fraction of sp³-hybridized carbons (Fsp3) is 0.417. The molecule has 2 aromatic carbocycles. The molecular weight excluding hydrogens is 419 g/mol. The third kappa shape index (κ3) is 4.65. The summed E-state index contributed by atoms with van der Waals surface area (Å²) in [6, 6.07) is 9.73. The molecule has 2 aliphatic rings. The number of halogens is 3. The summed E-state index contributed by atoms with van der Waals surface area (Å²) in [4.78, 5) is 26.9. The first-order chi connectivity index (χ1) is 15.3. The molecular formula is C24H26F3N3O2. The highest BCUT2D eigenvalue weighted by Gasteiger charge is 2.44. The van der Waals surface area contributed by atoms with Crippen molar-refractivity contribution < 1.29 is 22.8 Å². The SMILES string of the molecule is N[C@H](Cc1cc(F)c(F)cc1F)C1C[C@H]2CC[C@H](C1)N2C(=O)CNC(=O)c1ccccc1. The molecule has 0 spiro atoms. The molecule has 3 N–H and O–H groups in total. The van der Waals surface area contributed by atoms with Crippen LogP contribution in [-0.4, -0.2) is 41.4 Å². The van der Waals surface area contributed by atoms with Crippen LogP contribution in [0.3, 0.4) is 0 Å². The summed E-state index contributed by atoms with van der Waals surface area (Å²) < 4.78 is 40.7. The molecule has 0 radical (unpaired) electrons. The van der Waals surface area contributed by atoms with Gasteiger partial charge in [0.15, 0.2) is 11.6 Å². The average Bonchev–Trinajstić information content (AvgIpc) is 3.05. The number of carbonyl (C=O) groups is 2. The van der Waals surface area contributed by atoms with Gasteiger partial charge in [-0.3, -0.25) is 9.59 Å². The van der Waals surface area contributed by atoms with Gasteiger partial charge in [0.05, 0.1) is 6.54 Å². The van der Waals surface area contributed by atoms with Gasteiger partial charge in [-0.1, -0.05) is 18.2 Å². The smallest absolute Gasteiger partial charge is 0.251 e. The van der Waals surface area contributed by atoms with Crippen LogP contribution in [0.15, 0.2) is 42.5 Å². The summed E-state index contributed by atoms with van der Waals surface area (Å²) in [5.74, 6) is -3.49. The Balaban J connectivity index is 1.34. The molecule has 4 rings (SSSR count). The van der Waals surface area contributed by atoms with Crippen LogP contribution in [-0.2, 0) is 11.2 Å². The molecule has 8 heteroatoms. The zero-order valence-corrected chi connectivity index (χ0v) is 17.6. The van der Waals surface area contributed by atoms with Crippen molar-refractivity contribution in [3.8, 4) is 0 Å². The zero-order valence-electron chi connectivity index (χ0n) is 17.6. The summed E-state index contributed by atoms with van der Waals surface area (Å²) in [5.41, 5.74) is 6.89. The van der Waals surface area contributed by atoms with Crippen LogP contribution in [0.1, 0.15) is 41.6 Å². The molecule has 32 heavy (non-hydrogen) atoms. The predicted molar refractivity (Wildman–Crippen MR) is 113 cm³/mol. The van der Waals surface area contributed by atoms with Crippen LogP contribution < -0.4 is 11.1 Å². The zero-order chi connectivity index (χ0) is 22.8. The third-order valence-corrected chi connectivity index (χ3v) is 6.64. The van der Waals surface area contributed by atoms with E-state index >= 15 is 0 Å². The van der Waals surface area contributed by atoms with Crippen molar-refractivity contribution in [1.29, 1.82) is 0 Å². The van der Waals surface area contributed by atoms with Crippen molar-refractivity contribution in [1.82, 2.24) is 10.2 Å². The summed E-state index contributed by atoms with van der Waals surface area (Å²) in [6.45, 7) is -0.0719. The van der Waals surface area contributed by atoms with E-state index in [1.165, 1.54) is 0 Å². The normalized spacial score (nSPS) is 23.1. The van der Waals surface area contributed by atoms with E-state index in [0.29, 0.717) is 24.5 Å². The second-order valence-electron chi connectivity index (χ2n) is 8.69. The van der Waals surface area contributed by atoms with Crippen LogP contribution in [0.25, 0.3) is 0 Å². The Kier molecular flexibility index (Phi) is 6.50. The Hall–Kier alpha value is -2.87. The maximum absolute atomic E-state index is 14.0. The molecule has 2 saturated heterocycles. The van der Waals surface area contributed by atoms with E-state index in [-0.39, 0.29) is 48.3 Å². The molecule has 0 aromatic heterocycles. The van der Waals surface area contributed by atoms with E-state index in [2.05, 4.69) is 5.32 Å². The van der Waals surface area contributed by atoms with E-state index in [4.69, 9.17) is 5.73 Å². The molecule has 2 aromatic rings. The number of rotatable bonds is 6. The van der Waals surface area contributed by atoms with E-state index in [1.807, 2.05) is 11.0 Å². The summed E-state index contributed by atoms with van der Waals surface area (Å²) >= 11 is 0. The van der Waals surface area contributed by atoms with Crippen molar-refractivity contribution in [2.75, 3.05) is 6.54 Å². The van der Waals surface area contributed by atoms with Gasteiger partial charge < -0.3 is 16.0 Å². The maximum atomic E-state index is 14.0. The summed E-state index contributed by atoms with van der Waals surface area (Å²) in [5, 5.41) is 2.68. The third-order valence-electron chi connectivity index (χ3n) is 6.64. The van der Waals surface area contributed by atoms with E-state index in [9.17, 15) is 22.8 Å². The van der Waals surface area contributed by atoms with Crippen molar-refractivity contribution in [3.63, 3.8) is 0 Å². The number of nitrogens with two attached hydrogens (primary N) is 1. The van der Waals surface area contributed by atoms with E-state index in [0.717, 1.165) is 18.9 Å². The highest BCUT2D eigenvalue weighted by atomic mass is 19.2. The molecule has 5 nitrogen and oxygen atoms in total. The Morgan fingerprint density at radius 3 is 2.28 bits per heavy atom. The minimum Gasteiger partial charge on any atom is -0.343 e. The predicted octanol–water partition coefficient (Wildman–Crippen LogP) is 3.17. The molecule has 170 valence electrons. The van der Waals surface area contributed by atoms with Gasteiger partial charge in [0.1, 0.15) is 5.82 Å². The molecule has 0 aliphatic carbocycles. The molecule has 0 unspecified atom stereocenters. The van der Waals surface area contributed by atoms with E-state index < -0.39 is 23.5 Å². The van der Waals surface area contributed by atoms with Gasteiger partial charge in [-0.15, -0.1) is 0 Å². The highest BCUT2D eigenvalue weighted by molar-refractivity contribution is 5.96. The molecule has 2 aliphatic heterocycles. The van der Waals surface area contributed by atoms with Crippen LogP contribution in [0.2, 0.25) is 0 Å². The van der Waals surface area contributed by atoms with Crippen LogP contribution >= 0.6 is 0 Å². The Labute approximate surface area is 184 Å². The lowest BCUT2D eigenvalue weighted by atomic mass is 9.82. The number of nitrogens with zero attached hydrogens (tertiary/aromatic N) is 1. The summed E-state index contributed by atoms with van der Waals surface area (Å²) in [6.07, 6.45) is 3.15. The number of carbonyl (C=O) groups excluding carboxylic acids is 2. The van der Waals surface area contributed by atoms with Crippen LogP contribution in [0.4, 0.5) is 13.2 Å². The van der Waals surface area contributed by atoms with E-state index in [1.54, 1.807) is 24.3 Å². The first-order valence-corrected chi connectivity index (χ1v) is 10.9. The molecule has 0 saturated carbocycles. The lowest BCUT2D eigenvalue weighted by Gasteiger charge is -2.41. The highest BCUT2D eigenvalue weighted by Crippen LogP contribution is 2.40. The minimum absolute atomic E-state index is 0.0146. The second-order valence-corrected chi connectivity index (χ2v) is 8.69. The van der Waals surface area contributed by atoms with Gasteiger partial charge >= 0.3 is 0 Å². The van der Waals surface area contributed by atoms with Gasteiger partial charge in [-0.05, 0) is 61.8 Å². The van der Waals surface area contributed by atoms with Gasteiger partial charge in [-0.25, -0.2) is 13.2 Å². The fourth-order valence-corrected chi connectivity index (χ4v) is 5.06. The molecule has 3 atom stereocenters. The van der Waals surface area contributed by atoms with Gasteiger partial charge in [0.2, 0.25) is 5.91 Å². The Morgan fingerprint density at radius 1 is 1.00 bits per heavy atom. The first-order valence-electron chi connectivity index (χ1n) is 10.9. The van der Waals surface area contributed by atoms with Crippen LogP contribution in [0.5, 0.6) is 0 Å². The van der Waals surface area contributed by atoms with Gasteiger partial charge in [0, 0.05) is 29.8 Å². The minimum atomic E-state index is -1.22. The number of fused-ring (bicyclic) bond motifs is 2. The summed E-state index contributed by atoms with van der Waals surface area (Å²) in [7, 11) is 0. The number of hydrogen-bond acceptors (Lipinski definition) is 3. The van der Waals surface area contributed by atoms with Gasteiger partial charge in [0.25, 0.3) is 5.91 Å². The number of benzene rings is 2. The average molecular weight is 445 g/mol. The Morgan fingerprint density at radius 2 is 1.62 bits per heavy atom. The van der Waals surface area contributed by atoms with Crippen LogP contribution in [0, 0.1) is 23.4 Å². The second kappa shape index (κ2) is 9.32. The standard InChI is InChI=1S/C24H26F3N3O2/c25-19-12-21(27)20(26)10-15(19)11-22(28)16-8-17-6-7-18(9-16)30(17)23(31)13-29-24(32)14-4-2-1-3-5-14/h1-5,10,12,16-18,22H,6-9,11,13,28H2,(H,29,32)/t17-,18-,22-/m1/s1. The number of amides is 2. The first kappa shape index (κ1) is 22.3. The topological polar surface area (TPSA) is 75.4 Å². The van der Waals surface area contributed by atoms with Crippen molar-refractivity contribution in [2.45, 2.75) is 50.2 Å². The molecule has 2 amide bonds. The number of nitrogens with one attached hydrogen (secondary N) is 1. The van der Waals surface area contributed by atoms with Crippen molar-refractivity contribution >= 4 is 11.8 Å². The monoisotopic (exact) mass is 445 g/mol.